The van der Waals surface area contributed by atoms with Crippen molar-refractivity contribution in [1.82, 2.24) is 10.2 Å². The largest absolute Gasteiger partial charge is 0.497 e. The van der Waals surface area contributed by atoms with Gasteiger partial charge in [-0.1, -0.05) is 12.1 Å². The maximum atomic E-state index is 12.1. The lowest BCUT2D eigenvalue weighted by Crippen LogP contribution is -2.39. The third-order valence-corrected chi connectivity index (χ3v) is 4.52. The molecule has 23 heavy (non-hydrogen) atoms. The maximum absolute atomic E-state index is 12.1. The number of fused-ring (bicyclic) bond motifs is 1. The van der Waals surface area contributed by atoms with Crippen LogP contribution in [0, 0.1) is 11.8 Å². The van der Waals surface area contributed by atoms with Gasteiger partial charge in [0.05, 0.1) is 7.11 Å². The molecule has 5 nitrogen and oxygen atoms in total. The highest BCUT2D eigenvalue weighted by Crippen LogP contribution is 2.45. The minimum Gasteiger partial charge on any atom is -0.497 e. The molecule has 2 fully saturated rings. The molecule has 0 aromatic heterocycles. The van der Waals surface area contributed by atoms with Crippen LogP contribution in [0.2, 0.25) is 0 Å². The Morgan fingerprint density at radius 3 is 2.61 bits per heavy atom. The summed E-state index contributed by atoms with van der Waals surface area (Å²) in [5.41, 5.74) is 0.798. The monoisotopic (exact) mass is 318 g/mol. The van der Waals surface area contributed by atoms with Crippen molar-refractivity contribution in [2.24, 2.45) is 11.8 Å². The van der Waals surface area contributed by atoms with Crippen LogP contribution in [0.3, 0.4) is 0 Å². The van der Waals surface area contributed by atoms with Crippen LogP contribution in [-0.4, -0.2) is 42.8 Å². The number of likely N-dealkylation sites (tertiary alicyclic amines) is 1. The van der Waals surface area contributed by atoms with Crippen molar-refractivity contribution < 1.29 is 14.3 Å². The minimum atomic E-state index is -0.423. The van der Waals surface area contributed by atoms with Crippen LogP contribution in [0.25, 0.3) is 0 Å². The van der Waals surface area contributed by atoms with E-state index in [9.17, 15) is 4.79 Å². The topological polar surface area (TPSA) is 50.8 Å². The van der Waals surface area contributed by atoms with Crippen molar-refractivity contribution >= 4 is 6.09 Å². The molecule has 1 heterocycles. The number of nitrogens with zero attached hydrogens (tertiary/aromatic N) is 1. The molecule has 0 spiro atoms. The lowest BCUT2D eigenvalue weighted by Gasteiger charge is -2.26. The quantitative estimate of drug-likeness (QED) is 0.927. The number of piperidine rings is 1. The molecule has 1 aromatic carbocycles. The first kappa shape index (κ1) is 16.1. The van der Waals surface area contributed by atoms with E-state index < -0.39 is 5.60 Å². The predicted octanol–water partition coefficient (Wildman–Crippen LogP) is 2.65. The summed E-state index contributed by atoms with van der Waals surface area (Å²) in [5, 5.41) is 3.60. The number of ether oxygens (including phenoxy) is 2. The Balaban J connectivity index is 1.44. The van der Waals surface area contributed by atoms with Crippen molar-refractivity contribution in [2.75, 3.05) is 20.2 Å². The molecule has 1 saturated carbocycles. The summed E-state index contributed by atoms with van der Waals surface area (Å²) in [6, 6.07) is 8.63. The van der Waals surface area contributed by atoms with E-state index in [1.54, 1.807) is 7.11 Å². The highest BCUT2D eigenvalue weighted by atomic mass is 16.6. The van der Waals surface area contributed by atoms with Crippen molar-refractivity contribution in [3.63, 3.8) is 0 Å². The Bertz CT molecular complexity index is 570. The standard InChI is InChI=1S/C18H26N2O3/c1-18(2,3)23-17(21)20-10-14-15(11-20)16(14)19-9-12-6-5-7-13(8-12)22-4/h5-8,14-16,19H,9-11H2,1-4H3. The van der Waals surface area contributed by atoms with Crippen molar-refractivity contribution in [1.29, 1.82) is 0 Å². The number of benzene rings is 1. The first-order chi connectivity index (χ1) is 10.9. The second-order valence-electron chi connectivity index (χ2n) is 7.47. The molecule has 0 bridgehead atoms. The zero-order valence-corrected chi connectivity index (χ0v) is 14.3. The molecule has 2 unspecified atom stereocenters. The SMILES string of the molecule is COc1cccc(CNC2C3CN(C(=O)OC(C)(C)C)CC32)c1. The fourth-order valence-corrected chi connectivity index (χ4v) is 3.32. The number of hydrogen-bond donors (Lipinski definition) is 1. The Morgan fingerprint density at radius 2 is 2.00 bits per heavy atom. The van der Waals surface area contributed by atoms with Crippen LogP contribution in [0.4, 0.5) is 4.79 Å². The summed E-state index contributed by atoms with van der Waals surface area (Å²) in [6.07, 6.45) is -0.184. The van der Waals surface area contributed by atoms with Gasteiger partial charge in [-0.2, -0.15) is 0 Å². The van der Waals surface area contributed by atoms with E-state index in [0.29, 0.717) is 17.9 Å². The molecule has 1 N–H and O–H groups in total. The third-order valence-electron chi connectivity index (χ3n) is 4.52. The van der Waals surface area contributed by atoms with E-state index in [2.05, 4.69) is 17.4 Å². The number of hydrogen-bond acceptors (Lipinski definition) is 4. The van der Waals surface area contributed by atoms with Gasteiger partial charge in [-0.25, -0.2) is 4.79 Å². The van der Waals surface area contributed by atoms with Gasteiger partial charge in [0.1, 0.15) is 11.4 Å². The molecule has 1 saturated heterocycles. The van der Waals surface area contributed by atoms with Crippen molar-refractivity contribution in [3.05, 3.63) is 29.8 Å². The van der Waals surface area contributed by atoms with Crippen LogP contribution in [0.1, 0.15) is 26.3 Å². The zero-order valence-electron chi connectivity index (χ0n) is 14.3. The van der Waals surface area contributed by atoms with E-state index in [0.717, 1.165) is 25.4 Å². The molecular weight excluding hydrogens is 292 g/mol. The van der Waals surface area contributed by atoms with E-state index in [4.69, 9.17) is 9.47 Å². The summed E-state index contributed by atoms with van der Waals surface area (Å²) >= 11 is 0. The molecule has 5 heteroatoms. The van der Waals surface area contributed by atoms with Crippen molar-refractivity contribution in [3.8, 4) is 5.75 Å². The molecule has 1 amide bonds. The lowest BCUT2D eigenvalue weighted by molar-refractivity contribution is 0.0269. The molecule has 1 aliphatic carbocycles. The van der Waals surface area contributed by atoms with Gasteiger partial charge in [0, 0.05) is 25.7 Å². The van der Waals surface area contributed by atoms with Gasteiger partial charge in [-0.15, -0.1) is 0 Å². The normalized spacial score (nSPS) is 25.9. The van der Waals surface area contributed by atoms with E-state index >= 15 is 0 Å². The van der Waals surface area contributed by atoms with Crippen LogP contribution < -0.4 is 10.1 Å². The summed E-state index contributed by atoms with van der Waals surface area (Å²) in [7, 11) is 1.68. The summed E-state index contributed by atoms with van der Waals surface area (Å²) in [5.74, 6) is 2.01. The molecular formula is C18H26N2O3. The Morgan fingerprint density at radius 1 is 1.30 bits per heavy atom. The van der Waals surface area contributed by atoms with Crippen LogP contribution in [-0.2, 0) is 11.3 Å². The second-order valence-corrected chi connectivity index (χ2v) is 7.47. The first-order valence-electron chi connectivity index (χ1n) is 8.21. The first-order valence-corrected chi connectivity index (χ1v) is 8.21. The molecule has 3 rings (SSSR count). The van der Waals surface area contributed by atoms with Gasteiger partial charge in [0.2, 0.25) is 0 Å². The van der Waals surface area contributed by atoms with Gasteiger partial charge >= 0.3 is 6.09 Å². The number of amides is 1. The molecule has 1 aliphatic heterocycles. The van der Waals surface area contributed by atoms with E-state index in [1.165, 1.54) is 5.56 Å². The average molecular weight is 318 g/mol. The highest BCUT2D eigenvalue weighted by Gasteiger charge is 2.56. The molecule has 2 aliphatic rings. The zero-order chi connectivity index (χ0) is 16.6. The summed E-state index contributed by atoms with van der Waals surface area (Å²) < 4.78 is 10.7. The van der Waals surface area contributed by atoms with Gasteiger partial charge in [-0.3, -0.25) is 0 Å². The Kier molecular flexibility index (Phi) is 4.23. The van der Waals surface area contributed by atoms with Gasteiger partial charge in [0.25, 0.3) is 0 Å². The van der Waals surface area contributed by atoms with Gasteiger partial charge in [0.15, 0.2) is 0 Å². The minimum absolute atomic E-state index is 0.184. The second kappa shape index (κ2) is 6.04. The number of carbonyl (C=O) groups is 1. The summed E-state index contributed by atoms with van der Waals surface area (Å²) in [4.78, 5) is 13.9. The van der Waals surface area contributed by atoms with Crippen LogP contribution in [0.5, 0.6) is 5.75 Å². The van der Waals surface area contributed by atoms with Crippen molar-refractivity contribution in [2.45, 2.75) is 39.0 Å². The lowest BCUT2D eigenvalue weighted by atomic mass is 10.2. The van der Waals surface area contributed by atoms with Gasteiger partial charge < -0.3 is 19.7 Å². The number of nitrogens with one attached hydrogen (secondary N) is 1. The smallest absolute Gasteiger partial charge is 0.410 e. The average Bonchev–Trinajstić information content (AvgIpc) is 2.93. The molecule has 1 aromatic rings. The Labute approximate surface area is 137 Å². The fourth-order valence-electron chi connectivity index (χ4n) is 3.32. The van der Waals surface area contributed by atoms with E-state index in [1.807, 2.05) is 37.8 Å². The fraction of sp³-hybridized carbons (Fsp3) is 0.611. The summed E-state index contributed by atoms with van der Waals surface area (Å²) in [6.45, 7) is 8.15. The molecule has 2 atom stereocenters. The number of carbonyl (C=O) groups excluding carboxylic acids is 1. The number of rotatable bonds is 4. The van der Waals surface area contributed by atoms with Crippen LogP contribution in [0.15, 0.2) is 24.3 Å². The molecule has 0 radical (unpaired) electrons. The third kappa shape index (κ3) is 3.78. The molecule has 126 valence electrons. The van der Waals surface area contributed by atoms with Gasteiger partial charge in [-0.05, 0) is 50.3 Å². The predicted molar refractivity (Wildman–Crippen MR) is 88.4 cm³/mol. The Hall–Kier alpha value is -1.75. The van der Waals surface area contributed by atoms with Crippen LogP contribution >= 0.6 is 0 Å². The number of methoxy groups -OCH3 is 1. The highest BCUT2D eigenvalue weighted by molar-refractivity contribution is 5.69. The maximum Gasteiger partial charge on any atom is 0.410 e. The van der Waals surface area contributed by atoms with E-state index in [-0.39, 0.29) is 6.09 Å².